The van der Waals surface area contributed by atoms with Crippen LogP contribution in [0.5, 0.6) is 5.75 Å². The summed E-state index contributed by atoms with van der Waals surface area (Å²) in [6.45, 7) is 1.80. The van der Waals surface area contributed by atoms with Crippen molar-refractivity contribution in [1.29, 1.82) is 0 Å². The zero-order valence-corrected chi connectivity index (χ0v) is 15.9. The molecule has 0 spiro atoms. The van der Waals surface area contributed by atoms with Crippen LogP contribution in [0.1, 0.15) is 18.4 Å². The highest BCUT2D eigenvalue weighted by Crippen LogP contribution is 2.24. The normalized spacial score (nSPS) is 17.1. The molecule has 2 aromatic rings. The first-order chi connectivity index (χ1) is 13.1. The van der Waals surface area contributed by atoms with E-state index in [2.05, 4.69) is 10.3 Å². The van der Waals surface area contributed by atoms with Crippen LogP contribution in [0.4, 0.5) is 0 Å². The van der Waals surface area contributed by atoms with Crippen molar-refractivity contribution in [3.8, 4) is 5.75 Å². The van der Waals surface area contributed by atoms with E-state index in [1.54, 1.807) is 12.0 Å². The number of likely N-dealkylation sites (tertiary alicyclic amines) is 1. The van der Waals surface area contributed by atoms with Crippen molar-refractivity contribution < 1.29 is 19.1 Å². The maximum atomic E-state index is 12.5. The van der Waals surface area contributed by atoms with Gasteiger partial charge in [0, 0.05) is 43.8 Å². The lowest BCUT2D eigenvalue weighted by atomic mass is 9.97. The number of methoxy groups -OCH3 is 2. The maximum Gasteiger partial charge on any atom is 0.248 e. The van der Waals surface area contributed by atoms with E-state index in [1.807, 2.05) is 24.4 Å². The SMILES string of the molecule is COCC(=O)N1CCC[C@H](C(=O)NCCc2c[nH]c3ccc(OC)cc23)C1. The van der Waals surface area contributed by atoms with Crippen LogP contribution in [0, 0.1) is 5.92 Å². The number of hydrogen-bond donors (Lipinski definition) is 2. The second-order valence-corrected chi connectivity index (χ2v) is 6.88. The Kier molecular flexibility index (Phi) is 6.34. The molecule has 3 rings (SSSR count). The van der Waals surface area contributed by atoms with E-state index in [4.69, 9.17) is 9.47 Å². The summed E-state index contributed by atoms with van der Waals surface area (Å²) < 4.78 is 10.2. The maximum absolute atomic E-state index is 12.5. The average molecular weight is 373 g/mol. The molecule has 1 aromatic heterocycles. The number of rotatable bonds is 7. The number of H-pyrrole nitrogens is 1. The molecule has 2 amide bonds. The zero-order chi connectivity index (χ0) is 19.2. The van der Waals surface area contributed by atoms with Gasteiger partial charge in [-0.25, -0.2) is 0 Å². The van der Waals surface area contributed by atoms with Gasteiger partial charge in [-0.05, 0) is 43.0 Å². The third-order valence-electron chi connectivity index (χ3n) is 5.08. The van der Waals surface area contributed by atoms with Crippen LogP contribution >= 0.6 is 0 Å². The van der Waals surface area contributed by atoms with E-state index in [1.165, 1.54) is 7.11 Å². The summed E-state index contributed by atoms with van der Waals surface area (Å²) in [4.78, 5) is 29.4. The van der Waals surface area contributed by atoms with Crippen molar-refractivity contribution in [2.45, 2.75) is 19.3 Å². The van der Waals surface area contributed by atoms with Gasteiger partial charge in [-0.3, -0.25) is 9.59 Å². The molecule has 1 saturated heterocycles. The Morgan fingerprint density at radius 1 is 1.33 bits per heavy atom. The predicted molar refractivity (Wildman–Crippen MR) is 103 cm³/mol. The minimum absolute atomic E-state index is 0.0161. The minimum Gasteiger partial charge on any atom is -0.497 e. The number of carbonyl (C=O) groups is 2. The highest BCUT2D eigenvalue weighted by Gasteiger charge is 2.28. The fraction of sp³-hybridized carbons (Fsp3) is 0.500. The number of nitrogens with one attached hydrogen (secondary N) is 2. The Balaban J connectivity index is 1.53. The number of nitrogens with zero attached hydrogens (tertiary/aromatic N) is 1. The van der Waals surface area contributed by atoms with E-state index in [0.29, 0.717) is 19.6 Å². The third kappa shape index (κ3) is 4.60. The number of aromatic nitrogens is 1. The molecular formula is C20H27N3O4. The summed E-state index contributed by atoms with van der Waals surface area (Å²) >= 11 is 0. The van der Waals surface area contributed by atoms with Crippen LogP contribution < -0.4 is 10.1 Å². The van der Waals surface area contributed by atoms with Crippen LogP contribution in [0.3, 0.4) is 0 Å². The summed E-state index contributed by atoms with van der Waals surface area (Å²) in [5.74, 6) is 0.628. The lowest BCUT2D eigenvalue weighted by Crippen LogP contribution is -2.46. The highest BCUT2D eigenvalue weighted by molar-refractivity contribution is 5.85. The number of fused-ring (bicyclic) bond motifs is 1. The zero-order valence-electron chi connectivity index (χ0n) is 15.9. The number of aromatic amines is 1. The van der Waals surface area contributed by atoms with Gasteiger partial charge in [-0.1, -0.05) is 0 Å². The summed E-state index contributed by atoms with van der Waals surface area (Å²) in [7, 11) is 3.16. The summed E-state index contributed by atoms with van der Waals surface area (Å²) in [5, 5.41) is 4.13. The second kappa shape index (κ2) is 8.90. The molecule has 7 nitrogen and oxygen atoms in total. The monoisotopic (exact) mass is 373 g/mol. The first kappa shape index (κ1) is 19.2. The van der Waals surface area contributed by atoms with E-state index in [0.717, 1.165) is 41.5 Å². The molecule has 146 valence electrons. The van der Waals surface area contributed by atoms with Crippen LogP contribution in [0.25, 0.3) is 10.9 Å². The van der Waals surface area contributed by atoms with Gasteiger partial charge in [0.15, 0.2) is 0 Å². The molecule has 1 aliphatic rings. The lowest BCUT2D eigenvalue weighted by molar-refractivity contribution is -0.138. The fourth-order valence-electron chi connectivity index (χ4n) is 3.59. The van der Waals surface area contributed by atoms with E-state index in [-0.39, 0.29) is 24.3 Å². The van der Waals surface area contributed by atoms with Crippen molar-refractivity contribution in [2.24, 2.45) is 5.92 Å². The Hall–Kier alpha value is -2.54. The first-order valence-corrected chi connectivity index (χ1v) is 9.30. The van der Waals surface area contributed by atoms with Gasteiger partial charge in [0.2, 0.25) is 11.8 Å². The molecule has 0 radical (unpaired) electrons. The number of piperidine rings is 1. The number of amides is 2. The number of carbonyl (C=O) groups excluding carboxylic acids is 2. The van der Waals surface area contributed by atoms with Gasteiger partial charge in [0.25, 0.3) is 0 Å². The summed E-state index contributed by atoms with van der Waals surface area (Å²) in [6, 6.07) is 5.91. The molecule has 0 aliphatic carbocycles. The highest BCUT2D eigenvalue weighted by atomic mass is 16.5. The van der Waals surface area contributed by atoms with Crippen LogP contribution in [-0.2, 0) is 20.7 Å². The molecule has 0 bridgehead atoms. The van der Waals surface area contributed by atoms with Crippen molar-refractivity contribution in [3.05, 3.63) is 30.0 Å². The number of ether oxygens (including phenoxy) is 2. The molecule has 2 N–H and O–H groups in total. The third-order valence-corrected chi connectivity index (χ3v) is 5.08. The molecule has 27 heavy (non-hydrogen) atoms. The molecule has 0 unspecified atom stereocenters. The van der Waals surface area contributed by atoms with Crippen LogP contribution in [0.2, 0.25) is 0 Å². The number of benzene rings is 1. The Labute approximate surface area is 159 Å². The quantitative estimate of drug-likeness (QED) is 0.774. The molecule has 1 fully saturated rings. The lowest BCUT2D eigenvalue weighted by Gasteiger charge is -2.31. The Morgan fingerprint density at radius 2 is 2.19 bits per heavy atom. The summed E-state index contributed by atoms with van der Waals surface area (Å²) in [6.07, 6.45) is 4.36. The molecule has 0 saturated carbocycles. The Bertz CT molecular complexity index is 802. The van der Waals surface area contributed by atoms with Gasteiger partial charge in [0.1, 0.15) is 12.4 Å². The van der Waals surface area contributed by atoms with E-state index in [9.17, 15) is 9.59 Å². The smallest absolute Gasteiger partial charge is 0.248 e. The molecular weight excluding hydrogens is 346 g/mol. The van der Waals surface area contributed by atoms with Crippen molar-refractivity contribution in [3.63, 3.8) is 0 Å². The van der Waals surface area contributed by atoms with E-state index < -0.39 is 0 Å². The molecule has 7 heteroatoms. The minimum atomic E-state index is -0.150. The predicted octanol–water partition coefficient (Wildman–Crippen LogP) is 1.72. The first-order valence-electron chi connectivity index (χ1n) is 9.30. The fourth-order valence-corrected chi connectivity index (χ4v) is 3.59. The molecule has 1 aromatic carbocycles. The van der Waals surface area contributed by atoms with Crippen molar-refractivity contribution in [1.82, 2.24) is 15.2 Å². The molecule has 1 atom stereocenters. The number of hydrogen-bond acceptors (Lipinski definition) is 4. The van der Waals surface area contributed by atoms with Gasteiger partial charge >= 0.3 is 0 Å². The van der Waals surface area contributed by atoms with Gasteiger partial charge in [-0.15, -0.1) is 0 Å². The molecule has 2 heterocycles. The standard InChI is InChI=1S/C20H27N3O4/c1-26-13-19(24)23-9-3-4-15(12-23)20(25)21-8-7-14-11-22-18-6-5-16(27-2)10-17(14)18/h5-6,10-11,15,22H,3-4,7-9,12-13H2,1-2H3,(H,21,25)/t15-/m0/s1. The van der Waals surface area contributed by atoms with Crippen LogP contribution in [-0.4, -0.2) is 62.2 Å². The van der Waals surface area contributed by atoms with Crippen molar-refractivity contribution in [2.75, 3.05) is 40.5 Å². The van der Waals surface area contributed by atoms with Crippen molar-refractivity contribution >= 4 is 22.7 Å². The second-order valence-electron chi connectivity index (χ2n) is 6.88. The summed E-state index contributed by atoms with van der Waals surface area (Å²) in [5.41, 5.74) is 2.20. The largest absolute Gasteiger partial charge is 0.497 e. The average Bonchev–Trinajstić information content (AvgIpc) is 3.10. The van der Waals surface area contributed by atoms with Gasteiger partial charge < -0.3 is 24.7 Å². The Morgan fingerprint density at radius 3 is 2.96 bits per heavy atom. The van der Waals surface area contributed by atoms with Gasteiger partial charge in [-0.2, -0.15) is 0 Å². The topological polar surface area (TPSA) is 83.7 Å². The molecule has 1 aliphatic heterocycles. The van der Waals surface area contributed by atoms with Crippen LogP contribution in [0.15, 0.2) is 24.4 Å². The van der Waals surface area contributed by atoms with Gasteiger partial charge in [0.05, 0.1) is 13.0 Å². The van der Waals surface area contributed by atoms with E-state index >= 15 is 0 Å².